The van der Waals surface area contributed by atoms with E-state index >= 15 is 0 Å². The molecular weight excluding hydrogens is 429 g/mol. The maximum Gasteiger partial charge on any atom is 0.217 e. The van der Waals surface area contributed by atoms with Crippen molar-refractivity contribution in [3.63, 3.8) is 0 Å². The van der Waals surface area contributed by atoms with Crippen molar-refractivity contribution in [3.05, 3.63) is 0 Å². The number of hydrogen-bond donors (Lipinski definition) is 2. The van der Waals surface area contributed by atoms with E-state index in [4.69, 9.17) is 10.7 Å². The standard InChI is InChI=1S/C18H35N5O.HI/c1-3-16(22-9-5-6-10-22)13-21-18(20-4-2)23-11-7-8-15(14-23)12-17(19)24;/h15-16H,3-14H2,1-2H3,(H2,19,24)(H,20,21);1H. The molecule has 2 saturated heterocycles. The first-order valence-electron chi connectivity index (χ1n) is 9.69. The van der Waals surface area contributed by atoms with Crippen molar-refractivity contribution in [3.8, 4) is 0 Å². The molecule has 25 heavy (non-hydrogen) atoms. The minimum absolute atomic E-state index is 0. The quantitative estimate of drug-likeness (QED) is 0.343. The molecule has 146 valence electrons. The Labute approximate surface area is 170 Å². The predicted molar refractivity (Wildman–Crippen MR) is 114 cm³/mol. The number of carbonyl (C=O) groups is 1. The first-order valence-corrected chi connectivity index (χ1v) is 9.69. The van der Waals surface area contributed by atoms with Gasteiger partial charge in [-0.05, 0) is 58.0 Å². The Morgan fingerprint density at radius 3 is 2.56 bits per heavy atom. The highest BCUT2D eigenvalue weighted by molar-refractivity contribution is 14.0. The number of aliphatic imine (C=N–C) groups is 1. The minimum atomic E-state index is -0.191. The zero-order chi connectivity index (χ0) is 17.4. The number of primary amides is 1. The van der Waals surface area contributed by atoms with Crippen LogP contribution in [0.25, 0.3) is 0 Å². The van der Waals surface area contributed by atoms with E-state index in [0.717, 1.165) is 51.4 Å². The van der Waals surface area contributed by atoms with Gasteiger partial charge in [0.2, 0.25) is 5.91 Å². The van der Waals surface area contributed by atoms with E-state index in [1.54, 1.807) is 0 Å². The smallest absolute Gasteiger partial charge is 0.217 e. The van der Waals surface area contributed by atoms with Gasteiger partial charge in [-0.3, -0.25) is 14.7 Å². The van der Waals surface area contributed by atoms with Crippen LogP contribution in [0.1, 0.15) is 52.4 Å². The topological polar surface area (TPSA) is 74.0 Å². The molecule has 0 spiro atoms. The Morgan fingerprint density at radius 1 is 1.24 bits per heavy atom. The molecule has 2 atom stereocenters. The highest BCUT2D eigenvalue weighted by Gasteiger charge is 2.24. The second-order valence-electron chi connectivity index (χ2n) is 7.12. The normalized spacial score (nSPS) is 23.2. The van der Waals surface area contributed by atoms with Gasteiger partial charge in [0, 0.05) is 32.1 Å². The van der Waals surface area contributed by atoms with Crippen LogP contribution in [0, 0.1) is 5.92 Å². The largest absolute Gasteiger partial charge is 0.370 e. The predicted octanol–water partition coefficient (Wildman–Crippen LogP) is 2.03. The van der Waals surface area contributed by atoms with E-state index < -0.39 is 0 Å². The molecular formula is C18H36IN5O. The van der Waals surface area contributed by atoms with Crippen molar-refractivity contribution >= 4 is 35.8 Å². The maximum atomic E-state index is 11.2. The summed E-state index contributed by atoms with van der Waals surface area (Å²) in [7, 11) is 0. The lowest BCUT2D eigenvalue weighted by molar-refractivity contribution is -0.119. The molecule has 2 heterocycles. The summed E-state index contributed by atoms with van der Waals surface area (Å²) in [4.78, 5) is 21.1. The van der Waals surface area contributed by atoms with Crippen molar-refractivity contribution in [1.29, 1.82) is 0 Å². The third-order valence-electron chi connectivity index (χ3n) is 5.22. The molecule has 2 aliphatic rings. The van der Waals surface area contributed by atoms with Crippen LogP contribution in [0.4, 0.5) is 0 Å². The zero-order valence-corrected chi connectivity index (χ0v) is 18.2. The lowest BCUT2D eigenvalue weighted by Gasteiger charge is -2.35. The van der Waals surface area contributed by atoms with Crippen molar-refractivity contribution in [2.24, 2.45) is 16.6 Å². The van der Waals surface area contributed by atoms with Crippen LogP contribution in [-0.4, -0.2) is 67.0 Å². The molecule has 6 nitrogen and oxygen atoms in total. The van der Waals surface area contributed by atoms with E-state index in [-0.39, 0.29) is 29.9 Å². The number of carbonyl (C=O) groups excluding carboxylic acids is 1. The van der Waals surface area contributed by atoms with E-state index in [9.17, 15) is 4.79 Å². The Morgan fingerprint density at radius 2 is 1.96 bits per heavy atom. The van der Waals surface area contributed by atoms with Gasteiger partial charge in [0.25, 0.3) is 0 Å². The number of halogens is 1. The number of guanidine groups is 1. The molecule has 0 aromatic rings. The SMILES string of the molecule is CCNC(=NCC(CC)N1CCCC1)N1CCCC(CC(N)=O)C1.I. The van der Waals surface area contributed by atoms with Gasteiger partial charge in [0.15, 0.2) is 5.96 Å². The van der Waals surface area contributed by atoms with Crippen LogP contribution in [0.5, 0.6) is 0 Å². The first-order chi connectivity index (χ1) is 11.6. The van der Waals surface area contributed by atoms with Crippen molar-refractivity contribution in [2.75, 3.05) is 39.3 Å². The third-order valence-corrected chi connectivity index (χ3v) is 5.22. The number of hydrogen-bond acceptors (Lipinski definition) is 3. The second-order valence-corrected chi connectivity index (χ2v) is 7.12. The molecule has 1 amide bonds. The first kappa shape index (κ1) is 22.5. The number of rotatable bonds is 7. The number of amides is 1. The third kappa shape index (κ3) is 7.29. The average molecular weight is 465 g/mol. The maximum absolute atomic E-state index is 11.2. The summed E-state index contributed by atoms with van der Waals surface area (Å²) in [5, 5.41) is 3.44. The summed E-state index contributed by atoms with van der Waals surface area (Å²) in [5.41, 5.74) is 5.38. The highest BCUT2D eigenvalue weighted by Crippen LogP contribution is 2.20. The van der Waals surface area contributed by atoms with Crippen molar-refractivity contribution in [1.82, 2.24) is 15.1 Å². The summed E-state index contributed by atoms with van der Waals surface area (Å²) in [5.74, 6) is 1.17. The monoisotopic (exact) mass is 465 g/mol. The van der Waals surface area contributed by atoms with E-state index in [1.807, 2.05) is 0 Å². The number of nitrogens with two attached hydrogens (primary N) is 1. The lowest BCUT2D eigenvalue weighted by Crippen LogP contribution is -2.47. The molecule has 2 aliphatic heterocycles. The molecule has 0 radical (unpaired) electrons. The number of likely N-dealkylation sites (tertiary alicyclic amines) is 2. The average Bonchev–Trinajstić information content (AvgIpc) is 3.08. The van der Waals surface area contributed by atoms with Gasteiger partial charge < -0.3 is 16.0 Å². The lowest BCUT2D eigenvalue weighted by atomic mass is 9.95. The summed E-state index contributed by atoms with van der Waals surface area (Å²) >= 11 is 0. The Hall–Kier alpha value is -0.570. The highest BCUT2D eigenvalue weighted by atomic mass is 127. The molecule has 0 aromatic heterocycles. The van der Waals surface area contributed by atoms with E-state index in [0.29, 0.717) is 18.4 Å². The van der Waals surface area contributed by atoms with Gasteiger partial charge in [-0.2, -0.15) is 0 Å². The van der Waals surface area contributed by atoms with E-state index in [2.05, 4.69) is 29.0 Å². The van der Waals surface area contributed by atoms with Crippen LogP contribution in [0.2, 0.25) is 0 Å². The zero-order valence-electron chi connectivity index (χ0n) is 15.9. The number of nitrogens with zero attached hydrogens (tertiary/aromatic N) is 3. The van der Waals surface area contributed by atoms with Gasteiger partial charge >= 0.3 is 0 Å². The Bertz CT molecular complexity index is 426. The fourth-order valence-corrected chi connectivity index (χ4v) is 3.94. The molecule has 2 fully saturated rings. The van der Waals surface area contributed by atoms with Gasteiger partial charge in [0.1, 0.15) is 0 Å². The van der Waals surface area contributed by atoms with Gasteiger partial charge in [-0.1, -0.05) is 6.92 Å². The molecule has 0 aliphatic carbocycles. The van der Waals surface area contributed by atoms with Gasteiger partial charge in [-0.25, -0.2) is 0 Å². The van der Waals surface area contributed by atoms with Crippen LogP contribution in [0.3, 0.4) is 0 Å². The molecule has 0 saturated carbocycles. The molecule has 2 unspecified atom stereocenters. The molecule has 0 bridgehead atoms. The van der Waals surface area contributed by atoms with Crippen LogP contribution in [0.15, 0.2) is 4.99 Å². The van der Waals surface area contributed by atoms with Crippen LogP contribution in [-0.2, 0) is 4.79 Å². The van der Waals surface area contributed by atoms with Crippen molar-refractivity contribution in [2.45, 2.75) is 58.4 Å². The van der Waals surface area contributed by atoms with E-state index in [1.165, 1.54) is 25.9 Å². The Kier molecular flexibility index (Phi) is 10.7. The van der Waals surface area contributed by atoms with Gasteiger partial charge in [0.05, 0.1) is 6.54 Å². The van der Waals surface area contributed by atoms with Crippen molar-refractivity contribution < 1.29 is 4.79 Å². The van der Waals surface area contributed by atoms with Crippen LogP contribution >= 0.6 is 24.0 Å². The number of nitrogens with one attached hydrogen (secondary N) is 1. The summed E-state index contributed by atoms with van der Waals surface area (Å²) in [6.45, 7) is 10.4. The molecule has 7 heteroatoms. The van der Waals surface area contributed by atoms with Crippen LogP contribution < -0.4 is 11.1 Å². The fourth-order valence-electron chi connectivity index (χ4n) is 3.94. The molecule has 0 aromatic carbocycles. The molecule has 3 N–H and O–H groups in total. The van der Waals surface area contributed by atoms with Gasteiger partial charge in [-0.15, -0.1) is 24.0 Å². The minimum Gasteiger partial charge on any atom is -0.370 e. The molecule has 2 rings (SSSR count). The summed E-state index contributed by atoms with van der Waals surface area (Å²) in [6.07, 6.45) is 6.47. The second kappa shape index (κ2) is 11.9. The number of piperidine rings is 1. The summed E-state index contributed by atoms with van der Waals surface area (Å²) < 4.78 is 0. The fraction of sp³-hybridized carbons (Fsp3) is 0.889. The Balaban J connectivity index is 0.00000312. The summed E-state index contributed by atoms with van der Waals surface area (Å²) in [6, 6.07) is 0.548.